The highest BCUT2D eigenvalue weighted by atomic mass is 32.2. The summed E-state index contributed by atoms with van der Waals surface area (Å²) in [5, 5.41) is 24.9. The molecule has 3 rings (SSSR count). The number of nitrogens with zero attached hydrogens (tertiary/aromatic N) is 2. The lowest BCUT2D eigenvalue weighted by molar-refractivity contribution is -0.0429. The number of hydrogen-bond acceptors (Lipinski definition) is 6. The molecule has 0 aliphatic carbocycles. The van der Waals surface area contributed by atoms with Gasteiger partial charge in [-0.15, -0.1) is 0 Å². The van der Waals surface area contributed by atoms with Gasteiger partial charge in [0.05, 0.1) is 11.0 Å². The van der Waals surface area contributed by atoms with Crippen molar-refractivity contribution in [3.05, 3.63) is 30.3 Å². The van der Waals surface area contributed by atoms with Gasteiger partial charge in [-0.1, -0.05) is 31.0 Å². The molecule has 8 heteroatoms. The maximum Gasteiger partial charge on any atom is 0.243 e. The third-order valence-electron chi connectivity index (χ3n) is 6.02. The van der Waals surface area contributed by atoms with Crippen LogP contribution in [0.2, 0.25) is 0 Å². The Hall–Kier alpha value is -1.03. The largest absolute Gasteiger partial charge is 0.389 e. The first-order valence-electron chi connectivity index (χ1n) is 10.6. The van der Waals surface area contributed by atoms with E-state index in [9.17, 15) is 18.6 Å². The molecular weight excluding hydrogens is 390 g/mol. The molecule has 2 saturated heterocycles. The van der Waals surface area contributed by atoms with Gasteiger partial charge in [-0.05, 0) is 51.9 Å². The van der Waals surface area contributed by atoms with E-state index in [4.69, 9.17) is 0 Å². The van der Waals surface area contributed by atoms with Gasteiger partial charge in [0.25, 0.3) is 0 Å². The maximum atomic E-state index is 12.8. The summed E-state index contributed by atoms with van der Waals surface area (Å²) in [4.78, 5) is 2.62. The van der Waals surface area contributed by atoms with Crippen LogP contribution >= 0.6 is 0 Å². The molecule has 0 saturated carbocycles. The van der Waals surface area contributed by atoms with Crippen LogP contribution in [0, 0.1) is 0 Å². The number of β-amino-alcohol motifs (C(OH)–C–C–N with tert-alkyl or cyclic N) is 2. The minimum Gasteiger partial charge on any atom is -0.389 e. The molecule has 2 aliphatic rings. The zero-order chi connectivity index (χ0) is 21.1. The van der Waals surface area contributed by atoms with Gasteiger partial charge in [-0.25, -0.2) is 8.42 Å². The van der Waals surface area contributed by atoms with E-state index in [1.807, 2.05) is 0 Å². The van der Waals surface area contributed by atoms with Gasteiger partial charge in [0.1, 0.15) is 5.60 Å². The highest BCUT2D eigenvalue weighted by molar-refractivity contribution is 7.89. The van der Waals surface area contributed by atoms with Crippen molar-refractivity contribution >= 4 is 10.0 Å². The van der Waals surface area contributed by atoms with Crippen LogP contribution in [0.1, 0.15) is 39.5 Å². The van der Waals surface area contributed by atoms with E-state index in [0.29, 0.717) is 0 Å². The van der Waals surface area contributed by atoms with Crippen LogP contribution in [0.25, 0.3) is 0 Å². The molecule has 1 aromatic rings. The minimum atomic E-state index is -3.75. The summed E-state index contributed by atoms with van der Waals surface area (Å²) in [6, 6.07) is 8.14. The number of aliphatic hydroxyl groups is 2. The summed E-state index contributed by atoms with van der Waals surface area (Å²) < 4.78 is 26.9. The highest BCUT2D eigenvalue weighted by Gasteiger charge is 2.49. The average Bonchev–Trinajstić information content (AvgIpc) is 2.84. The van der Waals surface area contributed by atoms with Gasteiger partial charge in [-0.2, -0.15) is 4.31 Å². The smallest absolute Gasteiger partial charge is 0.243 e. The van der Waals surface area contributed by atoms with Crippen LogP contribution in [0.3, 0.4) is 0 Å². The molecule has 0 bridgehead atoms. The summed E-state index contributed by atoms with van der Waals surface area (Å²) in [7, 11) is -3.75. The normalized spacial score (nSPS) is 27.8. The monoisotopic (exact) mass is 425 g/mol. The van der Waals surface area contributed by atoms with Crippen molar-refractivity contribution in [1.82, 2.24) is 14.5 Å². The molecule has 0 spiro atoms. The molecule has 164 valence electrons. The number of nitrogens with one attached hydrogen (secondary N) is 1. The molecule has 2 aliphatic heterocycles. The molecule has 2 fully saturated rings. The lowest BCUT2D eigenvalue weighted by Gasteiger charge is -2.36. The van der Waals surface area contributed by atoms with Crippen LogP contribution in [0.4, 0.5) is 0 Å². The Balaban J connectivity index is 1.61. The van der Waals surface area contributed by atoms with Gasteiger partial charge < -0.3 is 20.4 Å². The zero-order valence-corrected chi connectivity index (χ0v) is 18.4. The zero-order valence-electron chi connectivity index (χ0n) is 17.5. The second-order valence-corrected chi connectivity index (χ2v) is 11.1. The van der Waals surface area contributed by atoms with Crippen molar-refractivity contribution in [1.29, 1.82) is 0 Å². The van der Waals surface area contributed by atoms with Gasteiger partial charge in [0.2, 0.25) is 10.0 Å². The van der Waals surface area contributed by atoms with Crippen LogP contribution in [0.5, 0.6) is 0 Å². The first-order valence-corrected chi connectivity index (χ1v) is 12.0. The maximum absolute atomic E-state index is 12.8. The van der Waals surface area contributed by atoms with E-state index in [1.165, 1.54) is 42.1 Å². The Morgan fingerprint density at radius 3 is 2.38 bits per heavy atom. The Morgan fingerprint density at radius 1 is 1.14 bits per heavy atom. The van der Waals surface area contributed by atoms with Crippen LogP contribution in [-0.4, -0.2) is 84.3 Å². The molecule has 2 atom stereocenters. The first kappa shape index (κ1) is 22.7. The molecule has 0 radical (unpaired) electrons. The Morgan fingerprint density at radius 2 is 1.76 bits per heavy atom. The fraction of sp³-hybridized carbons (Fsp3) is 0.714. The van der Waals surface area contributed by atoms with E-state index in [-0.39, 0.29) is 30.1 Å². The van der Waals surface area contributed by atoms with Crippen LogP contribution in [-0.2, 0) is 10.0 Å². The molecule has 7 nitrogen and oxygen atoms in total. The summed E-state index contributed by atoms with van der Waals surface area (Å²) in [5.74, 6) is 0. The van der Waals surface area contributed by atoms with E-state index >= 15 is 0 Å². The van der Waals surface area contributed by atoms with Crippen molar-refractivity contribution in [2.45, 2.75) is 61.7 Å². The van der Waals surface area contributed by atoms with Gasteiger partial charge >= 0.3 is 0 Å². The van der Waals surface area contributed by atoms with Crippen molar-refractivity contribution in [3.63, 3.8) is 0 Å². The van der Waals surface area contributed by atoms with Crippen LogP contribution in [0.15, 0.2) is 35.2 Å². The Labute approximate surface area is 174 Å². The fourth-order valence-corrected chi connectivity index (χ4v) is 5.77. The third kappa shape index (κ3) is 5.57. The lowest BCUT2D eigenvalue weighted by atomic mass is 9.97. The number of benzene rings is 1. The summed E-state index contributed by atoms with van der Waals surface area (Å²) in [6.45, 7) is 7.09. The number of sulfonamides is 1. The van der Waals surface area contributed by atoms with Gasteiger partial charge in [0.15, 0.2) is 0 Å². The molecule has 0 unspecified atom stereocenters. The summed E-state index contributed by atoms with van der Waals surface area (Å²) in [6.07, 6.45) is 3.85. The van der Waals surface area contributed by atoms with E-state index in [1.54, 1.807) is 18.2 Å². The predicted molar refractivity (Wildman–Crippen MR) is 113 cm³/mol. The molecule has 2 heterocycles. The Bertz CT molecular complexity index is 763. The number of likely N-dealkylation sites (tertiary alicyclic amines) is 1. The molecule has 0 aromatic heterocycles. The molecule has 3 N–H and O–H groups in total. The minimum absolute atomic E-state index is 0.109. The van der Waals surface area contributed by atoms with Gasteiger partial charge in [0, 0.05) is 31.7 Å². The third-order valence-corrected chi connectivity index (χ3v) is 7.84. The van der Waals surface area contributed by atoms with E-state index in [2.05, 4.69) is 24.1 Å². The highest BCUT2D eigenvalue weighted by Crippen LogP contribution is 2.28. The van der Waals surface area contributed by atoms with Crippen LogP contribution < -0.4 is 5.32 Å². The van der Waals surface area contributed by atoms with Gasteiger partial charge in [-0.3, -0.25) is 0 Å². The molecule has 0 amide bonds. The summed E-state index contributed by atoms with van der Waals surface area (Å²) in [5.41, 5.74) is -1.77. The molecular formula is C21H35N3O4S. The van der Waals surface area contributed by atoms with Crippen molar-refractivity contribution < 1.29 is 18.6 Å². The topological polar surface area (TPSA) is 93.1 Å². The quantitative estimate of drug-likeness (QED) is 0.604. The van der Waals surface area contributed by atoms with Crippen molar-refractivity contribution in [2.24, 2.45) is 0 Å². The standard InChI is InChI=1S/C21H35N3O4S/c1-20(2,16-23-12-8-3-4-9-13-23)22-15-21(26)17-24(14-19(21)25)29(27,28)18-10-6-5-7-11-18/h5-7,10-11,19,22,25-26H,3-4,8-9,12-17H2,1-2H3/t19-,21+/m1/s1. The molecule has 1 aromatic carbocycles. The van der Waals surface area contributed by atoms with E-state index < -0.39 is 21.7 Å². The summed E-state index contributed by atoms with van der Waals surface area (Å²) >= 11 is 0. The lowest BCUT2D eigenvalue weighted by Crippen LogP contribution is -2.58. The SMILES string of the molecule is CC(C)(CN1CCCCCC1)NC[C@]1(O)CN(S(=O)(=O)c2ccccc2)C[C@H]1O. The van der Waals surface area contributed by atoms with Crippen molar-refractivity contribution in [3.8, 4) is 0 Å². The number of aliphatic hydroxyl groups excluding tert-OH is 1. The first-order chi connectivity index (χ1) is 13.6. The Kier molecular flexibility index (Phi) is 7.03. The number of rotatable bonds is 7. The second-order valence-electron chi connectivity index (χ2n) is 9.16. The predicted octanol–water partition coefficient (Wildman–Crippen LogP) is 1.03. The second kappa shape index (κ2) is 8.99. The number of hydrogen-bond donors (Lipinski definition) is 3. The van der Waals surface area contributed by atoms with E-state index in [0.717, 1.165) is 19.6 Å². The average molecular weight is 426 g/mol. The fourth-order valence-electron chi connectivity index (χ4n) is 4.24. The van der Waals surface area contributed by atoms with Crippen molar-refractivity contribution in [2.75, 3.05) is 39.3 Å². The molecule has 29 heavy (non-hydrogen) atoms.